The summed E-state index contributed by atoms with van der Waals surface area (Å²) in [6.45, 7) is 0. The molecule has 0 unspecified atom stereocenters. The highest BCUT2D eigenvalue weighted by atomic mass is 35.5. The normalized spacial score (nSPS) is 11.2. The zero-order valence-electron chi connectivity index (χ0n) is 10.1. The number of hydrogen-bond acceptors (Lipinski definition) is 4. The summed E-state index contributed by atoms with van der Waals surface area (Å²) in [5.74, 6) is 4.37. The van der Waals surface area contributed by atoms with Gasteiger partial charge in [0, 0.05) is 5.69 Å². The Labute approximate surface area is 120 Å². The van der Waals surface area contributed by atoms with Gasteiger partial charge < -0.3 is 5.43 Å². The van der Waals surface area contributed by atoms with Gasteiger partial charge in [0.05, 0.1) is 15.6 Å². The smallest absolute Gasteiger partial charge is 0.261 e. The summed E-state index contributed by atoms with van der Waals surface area (Å²) in [7, 11) is -3.89. The Balaban J connectivity index is 2.33. The SMILES string of the molecule is NNc1ccc(S(=O)(=O)Nc2cccc(Cl)c2F)cc1. The molecule has 0 radical (unpaired) electrons. The van der Waals surface area contributed by atoms with Crippen LogP contribution in [0.4, 0.5) is 15.8 Å². The van der Waals surface area contributed by atoms with Gasteiger partial charge in [-0.05, 0) is 36.4 Å². The molecular weight excluding hydrogens is 305 g/mol. The largest absolute Gasteiger partial charge is 0.324 e. The second-order valence-corrected chi connectivity index (χ2v) is 5.97. The van der Waals surface area contributed by atoms with Crippen LogP contribution < -0.4 is 16.0 Å². The Morgan fingerprint density at radius 2 is 1.75 bits per heavy atom. The molecule has 20 heavy (non-hydrogen) atoms. The van der Waals surface area contributed by atoms with Gasteiger partial charge in [-0.25, -0.2) is 12.8 Å². The molecule has 0 atom stereocenters. The van der Waals surface area contributed by atoms with Gasteiger partial charge >= 0.3 is 0 Å². The van der Waals surface area contributed by atoms with Gasteiger partial charge in [-0.1, -0.05) is 17.7 Å². The Bertz CT molecular complexity index is 720. The molecule has 0 spiro atoms. The lowest BCUT2D eigenvalue weighted by atomic mass is 10.3. The summed E-state index contributed by atoms with van der Waals surface area (Å²) in [6.07, 6.45) is 0. The van der Waals surface area contributed by atoms with E-state index in [-0.39, 0.29) is 15.6 Å². The summed E-state index contributed by atoms with van der Waals surface area (Å²) in [4.78, 5) is -0.0177. The van der Waals surface area contributed by atoms with Gasteiger partial charge in [-0.3, -0.25) is 10.6 Å². The molecule has 4 N–H and O–H groups in total. The van der Waals surface area contributed by atoms with Crippen LogP contribution in [0, 0.1) is 5.82 Å². The molecule has 8 heteroatoms. The molecule has 2 aromatic carbocycles. The van der Waals surface area contributed by atoms with Crippen molar-refractivity contribution in [3.8, 4) is 0 Å². The first-order valence-corrected chi connectivity index (χ1v) is 7.33. The average Bonchev–Trinajstić information content (AvgIpc) is 2.44. The van der Waals surface area contributed by atoms with Crippen molar-refractivity contribution in [2.75, 3.05) is 10.1 Å². The second-order valence-electron chi connectivity index (χ2n) is 3.88. The number of nitrogens with two attached hydrogens (primary N) is 1. The molecule has 0 fully saturated rings. The molecule has 2 rings (SSSR count). The van der Waals surface area contributed by atoms with E-state index in [9.17, 15) is 12.8 Å². The Kier molecular flexibility index (Phi) is 4.12. The van der Waals surface area contributed by atoms with E-state index in [4.69, 9.17) is 17.4 Å². The molecule has 0 bridgehead atoms. The third-order valence-electron chi connectivity index (χ3n) is 2.53. The molecule has 5 nitrogen and oxygen atoms in total. The zero-order chi connectivity index (χ0) is 14.8. The number of nitrogens with one attached hydrogen (secondary N) is 2. The van der Waals surface area contributed by atoms with Crippen molar-refractivity contribution in [1.29, 1.82) is 0 Å². The van der Waals surface area contributed by atoms with Crippen LogP contribution >= 0.6 is 11.6 Å². The van der Waals surface area contributed by atoms with E-state index in [1.807, 2.05) is 0 Å². The lowest BCUT2D eigenvalue weighted by Crippen LogP contribution is -2.14. The minimum absolute atomic E-state index is 0.0177. The number of benzene rings is 2. The number of hydrazine groups is 1. The van der Waals surface area contributed by atoms with E-state index in [2.05, 4.69) is 10.1 Å². The lowest BCUT2D eigenvalue weighted by Gasteiger charge is -2.10. The fourth-order valence-corrected chi connectivity index (χ4v) is 2.75. The van der Waals surface area contributed by atoms with Gasteiger partial charge in [-0.2, -0.15) is 0 Å². The van der Waals surface area contributed by atoms with Crippen LogP contribution in [-0.4, -0.2) is 8.42 Å². The highest BCUT2D eigenvalue weighted by Crippen LogP contribution is 2.24. The zero-order valence-corrected chi connectivity index (χ0v) is 11.7. The number of anilines is 2. The number of rotatable bonds is 4. The van der Waals surface area contributed by atoms with Gasteiger partial charge in [0.15, 0.2) is 5.82 Å². The summed E-state index contributed by atoms with van der Waals surface area (Å²) < 4.78 is 40.0. The number of nitrogen functional groups attached to an aromatic ring is 1. The molecule has 0 aliphatic rings. The third kappa shape index (κ3) is 3.01. The van der Waals surface area contributed by atoms with Crippen LogP contribution in [0.5, 0.6) is 0 Å². The van der Waals surface area contributed by atoms with Crippen LogP contribution in [0.15, 0.2) is 47.4 Å². The monoisotopic (exact) mass is 315 g/mol. The van der Waals surface area contributed by atoms with E-state index in [0.29, 0.717) is 5.69 Å². The van der Waals surface area contributed by atoms with E-state index < -0.39 is 15.8 Å². The minimum Gasteiger partial charge on any atom is -0.324 e. The van der Waals surface area contributed by atoms with E-state index in [1.54, 1.807) is 0 Å². The number of halogens is 2. The van der Waals surface area contributed by atoms with Crippen LogP contribution in [0.25, 0.3) is 0 Å². The quantitative estimate of drug-likeness (QED) is 0.598. The van der Waals surface area contributed by atoms with Crippen molar-refractivity contribution >= 4 is 33.0 Å². The Hall–Kier alpha value is -1.83. The number of hydrogen-bond donors (Lipinski definition) is 3. The molecule has 0 saturated carbocycles. The van der Waals surface area contributed by atoms with Gasteiger partial charge in [-0.15, -0.1) is 0 Å². The maximum atomic E-state index is 13.7. The molecule has 0 amide bonds. The van der Waals surface area contributed by atoms with Crippen LogP contribution in [0.1, 0.15) is 0 Å². The van der Waals surface area contributed by atoms with Crippen molar-refractivity contribution in [2.24, 2.45) is 5.84 Å². The highest BCUT2D eigenvalue weighted by Gasteiger charge is 2.17. The van der Waals surface area contributed by atoms with E-state index in [1.165, 1.54) is 42.5 Å². The van der Waals surface area contributed by atoms with Crippen LogP contribution in [0.3, 0.4) is 0 Å². The molecule has 0 aliphatic carbocycles. The molecule has 2 aromatic rings. The van der Waals surface area contributed by atoms with Crippen molar-refractivity contribution in [3.63, 3.8) is 0 Å². The van der Waals surface area contributed by atoms with Crippen LogP contribution in [-0.2, 0) is 10.0 Å². The number of sulfonamides is 1. The Morgan fingerprint density at radius 1 is 1.10 bits per heavy atom. The first-order chi connectivity index (χ1) is 9.44. The molecule has 0 heterocycles. The maximum Gasteiger partial charge on any atom is 0.261 e. The highest BCUT2D eigenvalue weighted by molar-refractivity contribution is 7.92. The minimum atomic E-state index is -3.89. The van der Waals surface area contributed by atoms with Crippen molar-refractivity contribution < 1.29 is 12.8 Å². The third-order valence-corrected chi connectivity index (χ3v) is 4.20. The second kappa shape index (κ2) is 5.66. The lowest BCUT2D eigenvalue weighted by molar-refractivity contribution is 0.598. The predicted octanol–water partition coefficient (Wildman–Crippen LogP) is 2.57. The van der Waals surface area contributed by atoms with Gasteiger partial charge in [0.2, 0.25) is 0 Å². The average molecular weight is 316 g/mol. The summed E-state index contributed by atoms with van der Waals surface area (Å²) in [5.41, 5.74) is 2.72. The topological polar surface area (TPSA) is 84.2 Å². The standard InChI is InChI=1S/C12H11ClFN3O2S/c13-10-2-1-3-11(12(10)14)17-20(18,19)9-6-4-8(16-15)5-7-9/h1-7,16-17H,15H2. The molecule has 0 saturated heterocycles. The Morgan fingerprint density at radius 3 is 2.35 bits per heavy atom. The predicted molar refractivity (Wildman–Crippen MR) is 76.5 cm³/mol. The van der Waals surface area contributed by atoms with Crippen molar-refractivity contribution in [2.45, 2.75) is 4.90 Å². The molecule has 0 aliphatic heterocycles. The van der Waals surface area contributed by atoms with E-state index in [0.717, 1.165) is 0 Å². The first-order valence-electron chi connectivity index (χ1n) is 5.47. The fraction of sp³-hybridized carbons (Fsp3) is 0. The van der Waals surface area contributed by atoms with Gasteiger partial charge in [0.1, 0.15) is 0 Å². The molecule has 106 valence electrons. The van der Waals surface area contributed by atoms with Crippen LogP contribution in [0.2, 0.25) is 5.02 Å². The summed E-state index contributed by atoms with van der Waals surface area (Å²) >= 11 is 5.60. The summed E-state index contributed by atoms with van der Waals surface area (Å²) in [5, 5.41) is -0.159. The van der Waals surface area contributed by atoms with Crippen molar-refractivity contribution in [1.82, 2.24) is 0 Å². The van der Waals surface area contributed by atoms with Crippen molar-refractivity contribution in [3.05, 3.63) is 53.3 Å². The molecular formula is C12H11ClFN3O2S. The van der Waals surface area contributed by atoms with E-state index >= 15 is 0 Å². The summed E-state index contributed by atoms with van der Waals surface area (Å²) in [6, 6.07) is 9.74. The molecule has 0 aromatic heterocycles. The van der Waals surface area contributed by atoms with Gasteiger partial charge in [0.25, 0.3) is 10.0 Å². The maximum absolute atomic E-state index is 13.7. The first kappa shape index (κ1) is 14.6. The fourth-order valence-electron chi connectivity index (χ4n) is 1.52.